The summed E-state index contributed by atoms with van der Waals surface area (Å²) in [6.45, 7) is 8.96. The predicted molar refractivity (Wildman–Crippen MR) is 73.8 cm³/mol. The summed E-state index contributed by atoms with van der Waals surface area (Å²) in [4.78, 5) is 16.7. The van der Waals surface area contributed by atoms with Gasteiger partial charge in [0.15, 0.2) is 0 Å². The Morgan fingerprint density at radius 2 is 2.28 bits per heavy atom. The number of nitrogens with zero attached hydrogens (tertiary/aromatic N) is 1. The molecule has 0 amide bonds. The number of rotatable bonds is 6. The normalized spacial score (nSPS) is 12.9. The molecule has 100 valence electrons. The van der Waals surface area contributed by atoms with Gasteiger partial charge in [0.25, 0.3) is 0 Å². The maximum Gasteiger partial charge on any atom is 0.330 e. The summed E-state index contributed by atoms with van der Waals surface area (Å²) in [6.07, 6.45) is 3.23. The number of ether oxygens (including phenoxy) is 1. The maximum atomic E-state index is 11.1. The fourth-order valence-electron chi connectivity index (χ4n) is 1.63. The summed E-state index contributed by atoms with van der Waals surface area (Å²) in [5, 5.41) is 4.41. The smallest absolute Gasteiger partial charge is 0.330 e. The monoisotopic (exact) mass is 268 g/mol. The lowest BCUT2D eigenvalue weighted by Crippen LogP contribution is -2.18. The summed E-state index contributed by atoms with van der Waals surface area (Å²) in [6, 6.07) is 0.239. The number of hydrogen-bond acceptors (Lipinski definition) is 5. The lowest BCUT2D eigenvalue weighted by atomic mass is 10.2. The zero-order valence-corrected chi connectivity index (χ0v) is 12.1. The van der Waals surface area contributed by atoms with Crippen LogP contribution in [0.4, 0.5) is 0 Å². The Hall–Kier alpha value is -1.20. The fraction of sp³-hybridized carbons (Fsp3) is 0.538. The number of thiazole rings is 1. The van der Waals surface area contributed by atoms with E-state index in [9.17, 15) is 4.79 Å². The molecule has 4 nitrogen and oxygen atoms in total. The van der Waals surface area contributed by atoms with Crippen molar-refractivity contribution < 1.29 is 9.53 Å². The Balaban J connectivity index is 2.40. The van der Waals surface area contributed by atoms with Crippen LogP contribution in [0, 0.1) is 13.8 Å². The fourth-order valence-corrected chi connectivity index (χ4v) is 2.59. The molecule has 1 aromatic heterocycles. The minimum absolute atomic E-state index is 0.239. The highest BCUT2D eigenvalue weighted by Crippen LogP contribution is 2.23. The first kappa shape index (κ1) is 14.9. The van der Waals surface area contributed by atoms with E-state index in [4.69, 9.17) is 4.74 Å². The second-order valence-electron chi connectivity index (χ2n) is 3.97. The lowest BCUT2D eigenvalue weighted by Gasteiger charge is -2.10. The molecule has 1 aromatic rings. The molecule has 1 atom stereocenters. The van der Waals surface area contributed by atoms with Crippen molar-refractivity contribution in [2.75, 3.05) is 13.2 Å². The lowest BCUT2D eigenvalue weighted by molar-refractivity contribution is -0.137. The van der Waals surface area contributed by atoms with Crippen LogP contribution < -0.4 is 5.32 Å². The third-order valence-electron chi connectivity index (χ3n) is 2.42. The minimum atomic E-state index is -0.295. The number of carbonyl (C=O) groups excluding carboxylic acids is 1. The summed E-state index contributed by atoms with van der Waals surface area (Å²) < 4.78 is 4.79. The second kappa shape index (κ2) is 7.28. The van der Waals surface area contributed by atoms with Crippen LogP contribution in [-0.2, 0) is 9.53 Å². The van der Waals surface area contributed by atoms with Gasteiger partial charge in [-0.2, -0.15) is 0 Å². The number of aryl methyl sites for hydroxylation is 2. The summed E-state index contributed by atoms with van der Waals surface area (Å²) in [5.41, 5.74) is 1.08. The first-order valence-corrected chi connectivity index (χ1v) is 6.86. The van der Waals surface area contributed by atoms with Gasteiger partial charge in [-0.25, -0.2) is 9.78 Å². The van der Waals surface area contributed by atoms with E-state index in [2.05, 4.69) is 17.2 Å². The Bertz CT molecular complexity index is 427. The van der Waals surface area contributed by atoms with Crippen LogP contribution in [0.3, 0.4) is 0 Å². The van der Waals surface area contributed by atoms with Crippen LogP contribution in [0.1, 0.15) is 35.5 Å². The molecule has 1 unspecified atom stereocenters. The number of nitrogens with one attached hydrogen (secondary N) is 1. The minimum Gasteiger partial charge on any atom is -0.463 e. The Kier molecular flexibility index (Phi) is 6.01. The molecule has 0 saturated heterocycles. The van der Waals surface area contributed by atoms with Gasteiger partial charge in [0, 0.05) is 23.5 Å². The molecule has 0 radical (unpaired) electrons. The standard InChI is InChI=1S/C13H20N2O2S/c1-5-17-12(16)7-6-8-14-9(2)13-10(3)15-11(4)18-13/h6-7,9,14H,5,8H2,1-4H3/b7-6+. The molecule has 5 heteroatoms. The van der Waals surface area contributed by atoms with Crippen molar-refractivity contribution in [3.63, 3.8) is 0 Å². The Morgan fingerprint density at radius 1 is 1.56 bits per heavy atom. The van der Waals surface area contributed by atoms with E-state index in [1.165, 1.54) is 11.0 Å². The first-order valence-electron chi connectivity index (χ1n) is 6.05. The zero-order chi connectivity index (χ0) is 13.5. The average Bonchev–Trinajstić information content (AvgIpc) is 2.64. The second-order valence-corrected chi connectivity index (χ2v) is 5.20. The molecule has 0 aromatic carbocycles. The van der Waals surface area contributed by atoms with Crippen LogP contribution in [0.5, 0.6) is 0 Å². The van der Waals surface area contributed by atoms with Gasteiger partial charge in [-0.15, -0.1) is 11.3 Å². The molecule has 0 fully saturated rings. The molecule has 0 saturated carbocycles. The molecule has 1 rings (SSSR count). The summed E-state index contributed by atoms with van der Waals surface area (Å²) >= 11 is 1.71. The van der Waals surface area contributed by atoms with Crippen LogP contribution in [0.25, 0.3) is 0 Å². The number of carbonyl (C=O) groups is 1. The van der Waals surface area contributed by atoms with Crippen LogP contribution >= 0.6 is 11.3 Å². The van der Waals surface area contributed by atoms with E-state index in [-0.39, 0.29) is 12.0 Å². The summed E-state index contributed by atoms with van der Waals surface area (Å²) in [5.74, 6) is -0.295. The molecular weight excluding hydrogens is 248 g/mol. The van der Waals surface area contributed by atoms with Gasteiger partial charge < -0.3 is 10.1 Å². The summed E-state index contributed by atoms with van der Waals surface area (Å²) in [7, 11) is 0. The predicted octanol–water partition coefficient (Wildman–Crippen LogP) is 2.53. The highest BCUT2D eigenvalue weighted by atomic mass is 32.1. The van der Waals surface area contributed by atoms with Gasteiger partial charge in [-0.3, -0.25) is 0 Å². The van der Waals surface area contributed by atoms with Crippen molar-refractivity contribution >= 4 is 17.3 Å². The van der Waals surface area contributed by atoms with Gasteiger partial charge in [0.1, 0.15) is 0 Å². The van der Waals surface area contributed by atoms with Gasteiger partial charge >= 0.3 is 5.97 Å². The van der Waals surface area contributed by atoms with E-state index >= 15 is 0 Å². The van der Waals surface area contributed by atoms with Gasteiger partial charge in [-0.05, 0) is 27.7 Å². The molecule has 18 heavy (non-hydrogen) atoms. The van der Waals surface area contributed by atoms with Crippen molar-refractivity contribution in [2.45, 2.75) is 33.7 Å². The number of esters is 1. The first-order chi connectivity index (χ1) is 8.54. The van der Waals surface area contributed by atoms with Crippen molar-refractivity contribution in [3.05, 3.63) is 27.7 Å². The van der Waals surface area contributed by atoms with Crippen LogP contribution in [0.2, 0.25) is 0 Å². The molecular formula is C13H20N2O2S. The molecule has 0 aliphatic carbocycles. The third kappa shape index (κ3) is 4.58. The van der Waals surface area contributed by atoms with Crippen molar-refractivity contribution in [1.82, 2.24) is 10.3 Å². The topological polar surface area (TPSA) is 51.2 Å². The van der Waals surface area contributed by atoms with Gasteiger partial charge in [0.05, 0.1) is 17.3 Å². The maximum absolute atomic E-state index is 11.1. The quantitative estimate of drug-likeness (QED) is 0.636. The van der Waals surface area contributed by atoms with E-state index in [1.807, 2.05) is 13.8 Å². The molecule has 1 heterocycles. The highest BCUT2D eigenvalue weighted by Gasteiger charge is 2.11. The average molecular weight is 268 g/mol. The molecule has 1 N–H and O–H groups in total. The van der Waals surface area contributed by atoms with E-state index in [0.29, 0.717) is 13.2 Å². The molecule has 0 aliphatic heterocycles. The molecule has 0 bridgehead atoms. The van der Waals surface area contributed by atoms with Crippen molar-refractivity contribution in [1.29, 1.82) is 0 Å². The van der Waals surface area contributed by atoms with E-state index < -0.39 is 0 Å². The zero-order valence-electron chi connectivity index (χ0n) is 11.3. The van der Waals surface area contributed by atoms with Crippen LogP contribution in [-0.4, -0.2) is 24.1 Å². The van der Waals surface area contributed by atoms with E-state index in [0.717, 1.165) is 10.7 Å². The SMILES string of the molecule is CCOC(=O)/C=C/CNC(C)c1sc(C)nc1C. The van der Waals surface area contributed by atoms with Crippen LogP contribution in [0.15, 0.2) is 12.2 Å². The Morgan fingerprint density at radius 3 is 2.83 bits per heavy atom. The largest absolute Gasteiger partial charge is 0.463 e. The Labute approximate surface area is 112 Å². The third-order valence-corrected chi connectivity index (χ3v) is 3.67. The van der Waals surface area contributed by atoms with Crippen molar-refractivity contribution in [2.24, 2.45) is 0 Å². The number of aromatic nitrogens is 1. The van der Waals surface area contributed by atoms with E-state index in [1.54, 1.807) is 24.3 Å². The van der Waals surface area contributed by atoms with Gasteiger partial charge in [-0.1, -0.05) is 6.08 Å². The molecule has 0 spiro atoms. The number of hydrogen-bond donors (Lipinski definition) is 1. The van der Waals surface area contributed by atoms with Gasteiger partial charge in [0.2, 0.25) is 0 Å². The van der Waals surface area contributed by atoms with Crippen molar-refractivity contribution in [3.8, 4) is 0 Å². The molecule has 0 aliphatic rings. The highest BCUT2D eigenvalue weighted by molar-refractivity contribution is 7.11.